The molecular weight excluding hydrogens is 449 g/mol. The molecule has 1 saturated heterocycles. The minimum Gasteiger partial charge on any atom is -0.447 e. The monoisotopic (exact) mass is 472 g/mol. The minimum absolute atomic E-state index is 0.158. The lowest BCUT2D eigenvalue weighted by Crippen LogP contribution is -2.38. The smallest absolute Gasteiger partial charge is 0.417 e. The third-order valence-electron chi connectivity index (χ3n) is 5.57. The Morgan fingerprint density at radius 1 is 1.03 bits per heavy atom. The van der Waals surface area contributed by atoms with Gasteiger partial charge >= 0.3 is 12.3 Å². The fourth-order valence-corrected chi connectivity index (χ4v) is 3.58. The number of alkyl halides is 3. The van der Waals surface area contributed by atoms with E-state index in [4.69, 9.17) is 4.74 Å². The molecule has 1 fully saturated rings. The number of hydrogen-bond acceptors (Lipinski definition) is 7. The van der Waals surface area contributed by atoms with E-state index in [1.54, 1.807) is 18.3 Å². The summed E-state index contributed by atoms with van der Waals surface area (Å²) in [6, 6.07) is 8.04. The number of halogens is 3. The van der Waals surface area contributed by atoms with Gasteiger partial charge in [-0.25, -0.2) is 19.7 Å². The third-order valence-corrected chi connectivity index (χ3v) is 5.57. The van der Waals surface area contributed by atoms with Crippen molar-refractivity contribution in [2.45, 2.75) is 39.0 Å². The number of amides is 1. The van der Waals surface area contributed by atoms with Crippen molar-refractivity contribution in [2.75, 3.05) is 16.8 Å². The van der Waals surface area contributed by atoms with Crippen LogP contribution >= 0.6 is 0 Å². The number of benzene rings is 1. The summed E-state index contributed by atoms with van der Waals surface area (Å²) in [5, 5.41) is 3.14. The maximum absolute atomic E-state index is 12.8. The Hall–Kier alpha value is -3.76. The topological polar surface area (TPSA) is 93.1 Å². The molecule has 11 heteroatoms. The van der Waals surface area contributed by atoms with Gasteiger partial charge in [0.05, 0.1) is 23.3 Å². The summed E-state index contributed by atoms with van der Waals surface area (Å²) in [6.07, 6.45) is -1.95. The summed E-state index contributed by atoms with van der Waals surface area (Å²) < 4.78 is 43.5. The highest BCUT2D eigenvalue weighted by atomic mass is 19.4. The lowest BCUT2D eigenvalue weighted by atomic mass is 10.0. The van der Waals surface area contributed by atoms with E-state index in [-0.39, 0.29) is 36.5 Å². The van der Waals surface area contributed by atoms with Crippen LogP contribution in [0.4, 0.5) is 29.9 Å². The number of pyridine rings is 1. The van der Waals surface area contributed by atoms with Gasteiger partial charge in [0.2, 0.25) is 11.9 Å². The van der Waals surface area contributed by atoms with Gasteiger partial charge in [-0.3, -0.25) is 4.98 Å². The molecule has 0 aliphatic carbocycles. The van der Waals surface area contributed by atoms with Crippen LogP contribution in [-0.2, 0) is 10.9 Å². The van der Waals surface area contributed by atoms with Crippen LogP contribution in [0.3, 0.4) is 0 Å². The number of nitrogens with zero attached hydrogens (tertiary/aromatic N) is 5. The van der Waals surface area contributed by atoms with Crippen molar-refractivity contribution >= 4 is 18.0 Å². The predicted octanol–water partition coefficient (Wildman–Crippen LogP) is 5.11. The summed E-state index contributed by atoms with van der Waals surface area (Å²) in [5.41, 5.74) is 1.31. The number of cyclic esters (lactones) is 1. The molecule has 178 valence electrons. The van der Waals surface area contributed by atoms with Crippen molar-refractivity contribution in [3.05, 3.63) is 60.2 Å². The van der Waals surface area contributed by atoms with E-state index in [0.29, 0.717) is 16.8 Å². The van der Waals surface area contributed by atoms with Crippen LogP contribution < -0.4 is 10.2 Å². The van der Waals surface area contributed by atoms with E-state index in [2.05, 4.69) is 25.3 Å². The van der Waals surface area contributed by atoms with Crippen LogP contribution in [0.5, 0.6) is 0 Å². The van der Waals surface area contributed by atoms with Gasteiger partial charge in [0, 0.05) is 11.8 Å². The van der Waals surface area contributed by atoms with E-state index in [9.17, 15) is 18.0 Å². The first-order valence-corrected chi connectivity index (χ1v) is 10.7. The van der Waals surface area contributed by atoms with E-state index in [1.807, 2.05) is 20.8 Å². The summed E-state index contributed by atoms with van der Waals surface area (Å²) in [4.78, 5) is 30.7. The van der Waals surface area contributed by atoms with Gasteiger partial charge < -0.3 is 10.1 Å². The van der Waals surface area contributed by atoms with Crippen LogP contribution in [0.2, 0.25) is 0 Å². The molecule has 1 aromatic carbocycles. The van der Waals surface area contributed by atoms with Crippen LogP contribution in [0.25, 0.3) is 11.1 Å². The zero-order chi connectivity index (χ0) is 24.5. The van der Waals surface area contributed by atoms with E-state index < -0.39 is 17.8 Å². The molecule has 1 aliphatic heterocycles. The molecule has 0 radical (unpaired) electrons. The van der Waals surface area contributed by atoms with Gasteiger partial charge in [-0.1, -0.05) is 32.0 Å². The zero-order valence-corrected chi connectivity index (χ0v) is 18.7. The molecule has 4 rings (SSSR count). The Bertz CT molecular complexity index is 1150. The predicted molar refractivity (Wildman–Crippen MR) is 119 cm³/mol. The first kappa shape index (κ1) is 23.4. The Labute approximate surface area is 194 Å². The van der Waals surface area contributed by atoms with Crippen molar-refractivity contribution in [2.24, 2.45) is 5.92 Å². The average Bonchev–Trinajstić information content (AvgIpc) is 3.20. The van der Waals surface area contributed by atoms with Gasteiger partial charge in [0.1, 0.15) is 12.9 Å². The Balaban J connectivity index is 1.47. The highest BCUT2D eigenvalue weighted by molar-refractivity contribution is 5.88. The molecule has 2 aromatic heterocycles. The highest BCUT2D eigenvalue weighted by Gasteiger charge is 2.38. The molecule has 0 bridgehead atoms. The maximum atomic E-state index is 12.8. The third kappa shape index (κ3) is 4.92. The number of carbonyl (C=O) groups is 1. The number of ether oxygens (including phenoxy) is 1. The number of nitrogens with one attached hydrogen (secondary N) is 1. The first-order valence-electron chi connectivity index (χ1n) is 10.7. The van der Waals surface area contributed by atoms with Gasteiger partial charge in [-0.2, -0.15) is 18.2 Å². The van der Waals surface area contributed by atoms with Crippen molar-refractivity contribution in [3.8, 4) is 11.1 Å². The van der Waals surface area contributed by atoms with Crippen LogP contribution in [0.1, 0.15) is 38.1 Å². The van der Waals surface area contributed by atoms with Gasteiger partial charge in [0.25, 0.3) is 0 Å². The maximum Gasteiger partial charge on any atom is 0.417 e. The largest absolute Gasteiger partial charge is 0.447 e. The molecule has 1 aliphatic rings. The Morgan fingerprint density at radius 2 is 1.74 bits per heavy atom. The molecule has 8 nitrogen and oxygen atoms in total. The normalized spacial score (nSPS) is 17.1. The van der Waals surface area contributed by atoms with Crippen LogP contribution in [0, 0.1) is 5.92 Å². The van der Waals surface area contributed by atoms with Gasteiger partial charge in [-0.15, -0.1) is 0 Å². The number of carbonyl (C=O) groups excluding carboxylic acids is 1. The van der Waals surface area contributed by atoms with E-state index in [1.165, 1.54) is 23.4 Å². The van der Waals surface area contributed by atoms with E-state index in [0.717, 1.165) is 12.1 Å². The number of rotatable bonds is 6. The minimum atomic E-state index is -4.37. The molecule has 0 spiro atoms. The number of anilines is 2. The Kier molecular flexibility index (Phi) is 6.36. The fourth-order valence-electron chi connectivity index (χ4n) is 3.58. The summed E-state index contributed by atoms with van der Waals surface area (Å²) in [7, 11) is 0. The number of hydrogen-bond donors (Lipinski definition) is 1. The molecule has 3 aromatic rings. The number of aromatic nitrogens is 4. The first-order chi connectivity index (χ1) is 16.1. The van der Waals surface area contributed by atoms with Crippen LogP contribution in [0.15, 0.2) is 48.9 Å². The quantitative estimate of drug-likeness (QED) is 0.533. The summed E-state index contributed by atoms with van der Waals surface area (Å²) >= 11 is 0. The lowest BCUT2D eigenvalue weighted by Gasteiger charge is -2.22. The average molecular weight is 472 g/mol. The van der Waals surface area contributed by atoms with Gasteiger partial charge in [0.15, 0.2) is 0 Å². The fraction of sp³-hybridized carbons (Fsp3) is 0.348. The summed E-state index contributed by atoms with van der Waals surface area (Å²) in [5.74, 6) is 0.635. The summed E-state index contributed by atoms with van der Waals surface area (Å²) in [6.45, 7) is 6.12. The molecule has 1 amide bonds. The van der Waals surface area contributed by atoms with Crippen molar-refractivity contribution in [3.63, 3.8) is 0 Å². The molecule has 34 heavy (non-hydrogen) atoms. The molecule has 0 saturated carbocycles. The second-order valence-electron chi connectivity index (χ2n) is 8.28. The van der Waals surface area contributed by atoms with Gasteiger partial charge in [-0.05, 0) is 36.6 Å². The molecule has 1 N–H and O–H groups in total. The van der Waals surface area contributed by atoms with Crippen molar-refractivity contribution in [1.29, 1.82) is 0 Å². The molecule has 1 unspecified atom stereocenters. The Morgan fingerprint density at radius 3 is 2.35 bits per heavy atom. The highest BCUT2D eigenvalue weighted by Crippen LogP contribution is 2.31. The van der Waals surface area contributed by atoms with Crippen LogP contribution in [-0.4, -0.2) is 38.7 Å². The standard InChI is InChI=1S/C23H23F3N6O2/c1-13(2)19-11-34-22(33)32(19)21-29-12-28-20(31-21)30-14(3)18-9-6-16(10-27-18)15-4-7-17(8-5-15)23(24,25)26/h4-10,12-14,19H,11H2,1-3H3,(H,28,29,30,31)/t14-,19?/m0/s1. The van der Waals surface area contributed by atoms with Crippen molar-refractivity contribution < 1.29 is 22.7 Å². The lowest BCUT2D eigenvalue weighted by molar-refractivity contribution is -0.137. The SMILES string of the molecule is CC(C)C1COC(=O)N1c1ncnc(N[C@@H](C)c2ccc(-c3ccc(C(F)(F)F)cc3)cn2)n1. The second kappa shape index (κ2) is 9.24. The van der Waals surface area contributed by atoms with Crippen molar-refractivity contribution in [1.82, 2.24) is 19.9 Å². The second-order valence-corrected chi connectivity index (χ2v) is 8.28. The zero-order valence-electron chi connectivity index (χ0n) is 18.7. The molecular formula is C23H23F3N6O2. The van der Waals surface area contributed by atoms with E-state index >= 15 is 0 Å². The molecule has 3 heterocycles. The molecule has 2 atom stereocenters.